The first-order chi connectivity index (χ1) is 16.2. The van der Waals surface area contributed by atoms with Gasteiger partial charge in [0.1, 0.15) is 5.75 Å². The predicted octanol–water partition coefficient (Wildman–Crippen LogP) is 4.69. The molecule has 2 aliphatic rings. The maximum absolute atomic E-state index is 5.46. The second-order valence-electron chi connectivity index (χ2n) is 8.63. The lowest BCUT2D eigenvalue weighted by molar-refractivity contribution is 0.398. The van der Waals surface area contributed by atoms with Crippen molar-refractivity contribution in [3.8, 4) is 22.9 Å². The highest BCUT2D eigenvalue weighted by atomic mass is 16.5. The molecule has 6 nitrogen and oxygen atoms in total. The molecule has 0 aliphatic carbocycles. The summed E-state index contributed by atoms with van der Waals surface area (Å²) in [5.41, 5.74) is 5.82. The van der Waals surface area contributed by atoms with Crippen LogP contribution in [0.1, 0.15) is 12.8 Å². The molecule has 0 bridgehead atoms. The van der Waals surface area contributed by atoms with Crippen LogP contribution in [-0.4, -0.2) is 58.5 Å². The largest absolute Gasteiger partial charge is 0.497 e. The molecule has 0 spiro atoms. The molecule has 2 saturated heterocycles. The third-order valence-electron chi connectivity index (χ3n) is 6.73. The van der Waals surface area contributed by atoms with Crippen LogP contribution in [0.25, 0.3) is 11.3 Å². The van der Waals surface area contributed by atoms with Crippen molar-refractivity contribution in [2.45, 2.75) is 12.8 Å². The molecule has 5 rings (SSSR count). The SMILES string of the molecule is COc1ccc(N2CCN(c3ccc(OC)nc3-c3ccc(N4CCCC4)cc3)CC2)cc1. The fourth-order valence-corrected chi connectivity index (χ4v) is 4.82. The zero-order chi connectivity index (χ0) is 22.6. The molecule has 0 radical (unpaired) electrons. The second-order valence-corrected chi connectivity index (χ2v) is 8.63. The number of aromatic nitrogens is 1. The van der Waals surface area contributed by atoms with Crippen molar-refractivity contribution in [3.05, 3.63) is 60.7 Å². The first kappa shape index (κ1) is 21.4. The van der Waals surface area contributed by atoms with E-state index in [0.29, 0.717) is 5.88 Å². The van der Waals surface area contributed by atoms with Crippen molar-refractivity contribution < 1.29 is 9.47 Å². The Hall–Kier alpha value is -3.41. The molecule has 3 heterocycles. The van der Waals surface area contributed by atoms with E-state index in [9.17, 15) is 0 Å². The zero-order valence-corrected chi connectivity index (χ0v) is 19.5. The van der Waals surface area contributed by atoms with Crippen LogP contribution in [-0.2, 0) is 0 Å². The van der Waals surface area contributed by atoms with Crippen LogP contribution in [0.5, 0.6) is 11.6 Å². The standard InChI is InChI=1S/C27H32N4O2/c1-32-24-11-9-23(10-12-24)30-17-19-31(20-18-30)25-13-14-26(33-2)28-27(25)21-5-7-22(8-6-21)29-15-3-4-16-29/h5-14H,3-4,15-20H2,1-2H3. The number of rotatable bonds is 6. The zero-order valence-electron chi connectivity index (χ0n) is 19.5. The molecular weight excluding hydrogens is 412 g/mol. The van der Waals surface area contributed by atoms with E-state index in [1.165, 1.54) is 29.9 Å². The Morgan fingerprint density at radius 3 is 1.79 bits per heavy atom. The number of methoxy groups -OCH3 is 2. The van der Waals surface area contributed by atoms with E-state index in [4.69, 9.17) is 14.5 Å². The molecule has 0 amide bonds. The maximum atomic E-state index is 5.46. The van der Waals surface area contributed by atoms with Crippen molar-refractivity contribution >= 4 is 17.1 Å². The second kappa shape index (κ2) is 9.61. The summed E-state index contributed by atoms with van der Waals surface area (Å²) in [5, 5.41) is 0. The van der Waals surface area contributed by atoms with Gasteiger partial charge in [-0.05, 0) is 55.3 Å². The van der Waals surface area contributed by atoms with Gasteiger partial charge in [-0.2, -0.15) is 0 Å². The number of nitrogens with zero attached hydrogens (tertiary/aromatic N) is 4. The van der Waals surface area contributed by atoms with Gasteiger partial charge in [-0.15, -0.1) is 0 Å². The van der Waals surface area contributed by atoms with Gasteiger partial charge in [-0.3, -0.25) is 0 Å². The highest BCUT2D eigenvalue weighted by molar-refractivity contribution is 5.77. The van der Waals surface area contributed by atoms with Crippen LogP contribution in [0.3, 0.4) is 0 Å². The Labute approximate surface area is 196 Å². The summed E-state index contributed by atoms with van der Waals surface area (Å²) in [6.45, 7) is 6.12. The summed E-state index contributed by atoms with van der Waals surface area (Å²) in [5.74, 6) is 1.54. The molecule has 6 heteroatoms. The topological polar surface area (TPSA) is 41.1 Å². The van der Waals surface area contributed by atoms with Gasteiger partial charge >= 0.3 is 0 Å². The lowest BCUT2D eigenvalue weighted by Gasteiger charge is -2.38. The van der Waals surface area contributed by atoms with E-state index < -0.39 is 0 Å². The van der Waals surface area contributed by atoms with Crippen LogP contribution < -0.4 is 24.2 Å². The van der Waals surface area contributed by atoms with E-state index in [1.54, 1.807) is 14.2 Å². The lowest BCUT2D eigenvalue weighted by atomic mass is 10.1. The minimum absolute atomic E-state index is 0.647. The van der Waals surface area contributed by atoms with Gasteiger partial charge in [0, 0.05) is 62.3 Å². The quantitative estimate of drug-likeness (QED) is 0.549. The van der Waals surface area contributed by atoms with E-state index in [2.05, 4.69) is 57.2 Å². The number of hydrogen-bond acceptors (Lipinski definition) is 6. The van der Waals surface area contributed by atoms with E-state index in [-0.39, 0.29) is 0 Å². The molecule has 0 unspecified atom stereocenters. The molecule has 0 saturated carbocycles. The predicted molar refractivity (Wildman–Crippen MR) is 135 cm³/mol. The number of anilines is 3. The van der Waals surface area contributed by atoms with Gasteiger partial charge in [0.05, 0.1) is 25.6 Å². The third-order valence-corrected chi connectivity index (χ3v) is 6.73. The highest BCUT2D eigenvalue weighted by Gasteiger charge is 2.22. The van der Waals surface area contributed by atoms with Crippen molar-refractivity contribution in [1.82, 2.24) is 4.98 Å². The van der Waals surface area contributed by atoms with Gasteiger partial charge < -0.3 is 24.2 Å². The molecule has 2 aliphatic heterocycles. The van der Waals surface area contributed by atoms with Gasteiger partial charge in [0.15, 0.2) is 0 Å². The minimum Gasteiger partial charge on any atom is -0.497 e. The van der Waals surface area contributed by atoms with Crippen LogP contribution in [0.4, 0.5) is 17.1 Å². The number of pyridine rings is 1. The first-order valence-electron chi connectivity index (χ1n) is 11.8. The summed E-state index contributed by atoms with van der Waals surface area (Å²) < 4.78 is 10.8. The first-order valence-corrected chi connectivity index (χ1v) is 11.8. The van der Waals surface area contributed by atoms with Gasteiger partial charge in [0.25, 0.3) is 0 Å². The molecule has 0 N–H and O–H groups in total. The summed E-state index contributed by atoms with van der Waals surface area (Å²) in [6.07, 6.45) is 2.57. The smallest absolute Gasteiger partial charge is 0.213 e. The van der Waals surface area contributed by atoms with Crippen molar-refractivity contribution in [1.29, 1.82) is 0 Å². The molecule has 2 aromatic carbocycles. The molecule has 1 aromatic heterocycles. The third kappa shape index (κ3) is 4.56. The average Bonchev–Trinajstić information content (AvgIpc) is 3.44. The summed E-state index contributed by atoms with van der Waals surface area (Å²) >= 11 is 0. The van der Waals surface area contributed by atoms with Gasteiger partial charge in [0.2, 0.25) is 5.88 Å². The Kier molecular flexibility index (Phi) is 6.24. The molecule has 172 valence electrons. The maximum Gasteiger partial charge on any atom is 0.213 e. The average molecular weight is 445 g/mol. The molecule has 3 aromatic rings. The summed E-state index contributed by atoms with van der Waals surface area (Å²) in [4.78, 5) is 12.2. The number of hydrogen-bond donors (Lipinski definition) is 0. The van der Waals surface area contributed by atoms with E-state index >= 15 is 0 Å². The molecule has 2 fully saturated rings. The van der Waals surface area contributed by atoms with Crippen LogP contribution in [0, 0.1) is 0 Å². The van der Waals surface area contributed by atoms with Crippen molar-refractivity contribution in [2.24, 2.45) is 0 Å². The monoisotopic (exact) mass is 444 g/mol. The Bertz CT molecular complexity index is 1050. The number of ether oxygens (including phenoxy) is 2. The summed E-state index contributed by atoms with van der Waals surface area (Å²) in [7, 11) is 3.38. The lowest BCUT2D eigenvalue weighted by Crippen LogP contribution is -2.46. The highest BCUT2D eigenvalue weighted by Crippen LogP contribution is 2.34. The number of piperazine rings is 1. The Morgan fingerprint density at radius 1 is 0.606 bits per heavy atom. The molecule has 33 heavy (non-hydrogen) atoms. The van der Waals surface area contributed by atoms with E-state index in [0.717, 1.165) is 56.3 Å². The summed E-state index contributed by atoms with van der Waals surface area (Å²) in [6, 6.07) is 21.3. The van der Waals surface area contributed by atoms with Gasteiger partial charge in [-0.1, -0.05) is 12.1 Å². The normalized spacial score (nSPS) is 16.2. The van der Waals surface area contributed by atoms with Crippen molar-refractivity contribution in [2.75, 3.05) is 68.2 Å². The fourth-order valence-electron chi connectivity index (χ4n) is 4.82. The van der Waals surface area contributed by atoms with Crippen LogP contribution in [0.2, 0.25) is 0 Å². The van der Waals surface area contributed by atoms with E-state index in [1.807, 2.05) is 18.2 Å². The fraction of sp³-hybridized carbons (Fsp3) is 0.370. The Balaban J connectivity index is 1.35. The Morgan fingerprint density at radius 2 is 1.18 bits per heavy atom. The molecule has 0 atom stereocenters. The molecular formula is C27H32N4O2. The van der Waals surface area contributed by atoms with Gasteiger partial charge in [-0.25, -0.2) is 4.98 Å². The van der Waals surface area contributed by atoms with Crippen LogP contribution >= 0.6 is 0 Å². The minimum atomic E-state index is 0.647. The van der Waals surface area contributed by atoms with Crippen LogP contribution in [0.15, 0.2) is 60.7 Å². The number of benzene rings is 2. The van der Waals surface area contributed by atoms with Crippen molar-refractivity contribution in [3.63, 3.8) is 0 Å².